The largest absolute Gasteiger partial charge is 0.443 e. The second-order valence-corrected chi connectivity index (χ2v) is 6.04. The summed E-state index contributed by atoms with van der Waals surface area (Å²) in [5, 5.41) is 16.8. The number of nitrogens with zero attached hydrogens (tertiary/aromatic N) is 1. The molecule has 1 aliphatic heterocycles. The fourth-order valence-corrected chi connectivity index (χ4v) is 2.21. The molecular formula is C15H21N3O4. The first-order chi connectivity index (χ1) is 10.3. The summed E-state index contributed by atoms with van der Waals surface area (Å²) in [4.78, 5) is 13.4. The van der Waals surface area contributed by atoms with Crippen molar-refractivity contribution in [2.45, 2.75) is 38.5 Å². The van der Waals surface area contributed by atoms with E-state index in [9.17, 15) is 4.79 Å². The molecule has 1 aromatic rings. The lowest BCUT2D eigenvalue weighted by Crippen LogP contribution is -2.59. The van der Waals surface area contributed by atoms with Gasteiger partial charge < -0.3 is 9.47 Å². The van der Waals surface area contributed by atoms with Crippen molar-refractivity contribution in [1.29, 1.82) is 5.41 Å². The number of hydrogen-bond donors (Lipinski definition) is 3. The maximum atomic E-state index is 12.3. The molecule has 7 heteroatoms. The highest BCUT2D eigenvalue weighted by atomic mass is 16.6. The fraction of sp³-hybridized carbons (Fsp3) is 0.467. The van der Waals surface area contributed by atoms with Gasteiger partial charge in [0.2, 0.25) is 5.96 Å². The van der Waals surface area contributed by atoms with Crippen LogP contribution in [0.15, 0.2) is 30.3 Å². The van der Waals surface area contributed by atoms with Gasteiger partial charge in [0.1, 0.15) is 11.7 Å². The van der Waals surface area contributed by atoms with Gasteiger partial charge in [0.25, 0.3) is 0 Å². The molecular weight excluding hydrogens is 286 g/mol. The molecule has 0 bridgehead atoms. The lowest BCUT2D eigenvalue weighted by atomic mass is 9.97. The Kier molecular flexibility index (Phi) is 4.68. The van der Waals surface area contributed by atoms with Crippen molar-refractivity contribution < 1.29 is 19.5 Å². The zero-order chi connectivity index (χ0) is 16.3. The predicted octanol–water partition coefficient (Wildman–Crippen LogP) is 2.28. The van der Waals surface area contributed by atoms with Gasteiger partial charge in [-0.05, 0) is 26.3 Å². The van der Waals surface area contributed by atoms with Crippen LogP contribution in [0.5, 0.6) is 0 Å². The van der Waals surface area contributed by atoms with Crippen LogP contribution in [0, 0.1) is 5.41 Å². The third-order valence-corrected chi connectivity index (χ3v) is 3.19. The average Bonchev–Trinajstić information content (AvgIpc) is 2.41. The summed E-state index contributed by atoms with van der Waals surface area (Å²) in [5.41, 5.74) is 1.91. The highest BCUT2D eigenvalue weighted by Crippen LogP contribution is 2.34. The van der Waals surface area contributed by atoms with Gasteiger partial charge in [0, 0.05) is 0 Å². The van der Waals surface area contributed by atoms with Crippen LogP contribution in [0.2, 0.25) is 0 Å². The number of amides is 1. The summed E-state index contributed by atoms with van der Waals surface area (Å²) in [6, 6.07) is 9.01. The van der Waals surface area contributed by atoms with Crippen LogP contribution in [0.1, 0.15) is 32.4 Å². The highest BCUT2D eigenvalue weighted by Gasteiger charge is 2.43. The summed E-state index contributed by atoms with van der Waals surface area (Å²) >= 11 is 0. The van der Waals surface area contributed by atoms with E-state index in [-0.39, 0.29) is 12.7 Å². The highest BCUT2D eigenvalue weighted by molar-refractivity contribution is 5.92. The Morgan fingerprint density at radius 1 is 1.41 bits per heavy atom. The first-order valence-corrected chi connectivity index (χ1v) is 7.01. The Bertz CT molecular complexity index is 541. The molecule has 1 amide bonds. The van der Waals surface area contributed by atoms with Gasteiger partial charge >= 0.3 is 6.09 Å². The molecule has 0 aliphatic carbocycles. The van der Waals surface area contributed by atoms with Crippen LogP contribution in [0.4, 0.5) is 4.79 Å². The third kappa shape index (κ3) is 3.55. The molecule has 1 aromatic carbocycles. The van der Waals surface area contributed by atoms with Crippen LogP contribution >= 0.6 is 0 Å². The Balaban J connectivity index is 2.19. The quantitative estimate of drug-likeness (QED) is 0.442. The molecule has 2 rings (SSSR count). The molecule has 1 saturated heterocycles. The summed E-state index contributed by atoms with van der Waals surface area (Å²) < 4.78 is 10.8. The van der Waals surface area contributed by atoms with Crippen LogP contribution in [-0.2, 0) is 9.47 Å². The second-order valence-electron chi connectivity index (χ2n) is 6.04. The monoisotopic (exact) mass is 307 g/mol. The van der Waals surface area contributed by atoms with Crippen molar-refractivity contribution in [2.24, 2.45) is 0 Å². The van der Waals surface area contributed by atoms with Crippen LogP contribution in [0.3, 0.4) is 0 Å². The first-order valence-electron chi connectivity index (χ1n) is 7.01. The molecule has 0 saturated carbocycles. The van der Waals surface area contributed by atoms with Gasteiger partial charge in [-0.3, -0.25) is 10.6 Å². The Hall–Kier alpha value is -2.12. The van der Waals surface area contributed by atoms with Crippen molar-refractivity contribution in [3.05, 3.63) is 35.9 Å². The lowest BCUT2D eigenvalue weighted by molar-refractivity contribution is -0.121. The number of carbonyl (C=O) groups excluding carboxylic acids is 1. The van der Waals surface area contributed by atoms with Gasteiger partial charge in [0.15, 0.2) is 0 Å². The van der Waals surface area contributed by atoms with Crippen LogP contribution in [0.25, 0.3) is 0 Å². The summed E-state index contributed by atoms with van der Waals surface area (Å²) in [6.45, 7) is 5.49. The molecule has 1 heterocycles. The van der Waals surface area contributed by atoms with E-state index in [0.717, 1.165) is 10.5 Å². The normalized spacial score (nSPS) is 20.7. The van der Waals surface area contributed by atoms with Gasteiger partial charge in [-0.25, -0.2) is 15.2 Å². The molecule has 0 radical (unpaired) electrons. The van der Waals surface area contributed by atoms with E-state index in [0.29, 0.717) is 0 Å². The van der Waals surface area contributed by atoms with Gasteiger partial charge in [-0.2, -0.15) is 0 Å². The lowest BCUT2D eigenvalue weighted by Gasteiger charge is -2.43. The summed E-state index contributed by atoms with van der Waals surface area (Å²) in [7, 11) is 0. The van der Waals surface area contributed by atoms with E-state index in [4.69, 9.17) is 20.1 Å². The molecule has 2 unspecified atom stereocenters. The van der Waals surface area contributed by atoms with Crippen LogP contribution < -0.4 is 5.48 Å². The minimum Gasteiger partial charge on any atom is -0.443 e. The van der Waals surface area contributed by atoms with Crippen molar-refractivity contribution in [3.63, 3.8) is 0 Å². The predicted molar refractivity (Wildman–Crippen MR) is 79.6 cm³/mol. The maximum absolute atomic E-state index is 12.3. The topological polar surface area (TPSA) is 94.9 Å². The molecule has 2 atom stereocenters. The van der Waals surface area contributed by atoms with E-state index in [1.165, 1.54) is 0 Å². The van der Waals surface area contributed by atoms with Gasteiger partial charge in [0.05, 0.1) is 12.6 Å². The van der Waals surface area contributed by atoms with E-state index in [1.807, 2.05) is 30.3 Å². The molecule has 0 spiro atoms. The van der Waals surface area contributed by atoms with Crippen LogP contribution in [-0.4, -0.2) is 40.4 Å². The standard InChI is InChI=1S/C15H21N3O4/c1-15(2,3)22-14(19)18(13(16)17-20)11-9-21-12(11)10-7-5-4-6-8-10/h4-8,11-12,20H,9H2,1-3H3,(H2,16,17). The van der Waals surface area contributed by atoms with E-state index in [1.54, 1.807) is 26.3 Å². The molecule has 1 fully saturated rings. The molecule has 0 aromatic heterocycles. The van der Waals surface area contributed by atoms with Crippen molar-refractivity contribution in [3.8, 4) is 0 Å². The van der Waals surface area contributed by atoms with E-state index >= 15 is 0 Å². The molecule has 7 nitrogen and oxygen atoms in total. The Morgan fingerprint density at radius 2 is 2.05 bits per heavy atom. The molecule has 22 heavy (non-hydrogen) atoms. The number of nitrogens with one attached hydrogen (secondary N) is 2. The number of guanidine groups is 1. The summed E-state index contributed by atoms with van der Waals surface area (Å²) in [5.74, 6) is -0.441. The van der Waals surface area contributed by atoms with Crippen molar-refractivity contribution in [2.75, 3.05) is 6.61 Å². The van der Waals surface area contributed by atoms with Gasteiger partial charge in [-0.15, -0.1) is 0 Å². The van der Waals surface area contributed by atoms with Crippen molar-refractivity contribution in [1.82, 2.24) is 10.4 Å². The average molecular weight is 307 g/mol. The van der Waals surface area contributed by atoms with E-state index in [2.05, 4.69) is 0 Å². The number of hydroxylamine groups is 1. The molecule has 120 valence electrons. The summed E-state index contributed by atoms with van der Waals surface area (Å²) in [6.07, 6.45) is -1.06. The zero-order valence-corrected chi connectivity index (χ0v) is 12.9. The minimum atomic E-state index is -0.701. The fourth-order valence-electron chi connectivity index (χ4n) is 2.21. The Morgan fingerprint density at radius 3 is 2.50 bits per heavy atom. The number of rotatable bonds is 2. The SMILES string of the molecule is CC(C)(C)OC(=O)N(C(=N)NO)C1COC1c1ccccc1. The second kappa shape index (κ2) is 6.33. The number of carbonyl (C=O) groups is 1. The Labute approximate surface area is 129 Å². The molecule has 1 aliphatic rings. The zero-order valence-electron chi connectivity index (χ0n) is 12.9. The number of benzene rings is 1. The minimum absolute atomic E-state index is 0.267. The third-order valence-electron chi connectivity index (χ3n) is 3.19. The number of ether oxygens (including phenoxy) is 2. The van der Waals surface area contributed by atoms with Crippen molar-refractivity contribution >= 4 is 12.1 Å². The van der Waals surface area contributed by atoms with E-state index < -0.39 is 23.7 Å². The first kappa shape index (κ1) is 16.3. The number of hydrogen-bond acceptors (Lipinski definition) is 5. The maximum Gasteiger partial charge on any atom is 0.417 e. The smallest absolute Gasteiger partial charge is 0.417 e. The van der Waals surface area contributed by atoms with Gasteiger partial charge in [-0.1, -0.05) is 30.3 Å². The molecule has 3 N–H and O–H groups in total.